The highest BCUT2D eigenvalue weighted by Crippen LogP contribution is 2.31. The Bertz CT molecular complexity index is 1070. The lowest BCUT2D eigenvalue weighted by Gasteiger charge is -2.22. The van der Waals surface area contributed by atoms with Gasteiger partial charge in [0.15, 0.2) is 5.13 Å². The first-order chi connectivity index (χ1) is 16.1. The molecule has 1 saturated heterocycles. The van der Waals surface area contributed by atoms with Crippen LogP contribution in [0.25, 0.3) is 11.3 Å². The van der Waals surface area contributed by atoms with Crippen molar-refractivity contribution in [3.8, 4) is 17.0 Å². The lowest BCUT2D eigenvalue weighted by molar-refractivity contribution is 0.0719. The monoisotopic (exact) mass is 467 g/mol. The molecule has 1 aromatic carbocycles. The number of aromatic nitrogens is 3. The van der Waals surface area contributed by atoms with Crippen LogP contribution in [0, 0.1) is 6.92 Å². The Morgan fingerprint density at radius 2 is 1.94 bits per heavy atom. The van der Waals surface area contributed by atoms with Crippen LogP contribution in [-0.2, 0) is 17.6 Å². The SMILES string of the molecule is CCOC1CN(c2nccs2)CC1Nc1nc(CC)c(-c2ccc(OC)cc2C)nc1CC. The van der Waals surface area contributed by atoms with E-state index in [1.807, 2.05) is 30.6 Å². The summed E-state index contributed by atoms with van der Waals surface area (Å²) < 4.78 is 11.5. The van der Waals surface area contributed by atoms with E-state index in [2.05, 4.69) is 42.0 Å². The maximum atomic E-state index is 6.09. The number of benzene rings is 1. The molecule has 176 valence electrons. The summed E-state index contributed by atoms with van der Waals surface area (Å²) in [4.78, 5) is 17.0. The molecule has 2 aromatic heterocycles. The van der Waals surface area contributed by atoms with Gasteiger partial charge in [0, 0.05) is 36.8 Å². The van der Waals surface area contributed by atoms with Crippen molar-refractivity contribution in [1.82, 2.24) is 15.0 Å². The highest BCUT2D eigenvalue weighted by molar-refractivity contribution is 7.13. The summed E-state index contributed by atoms with van der Waals surface area (Å²) in [5.41, 5.74) is 5.15. The topological polar surface area (TPSA) is 72.4 Å². The minimum absolute atomic E-state index is 0.0685. The second-order valence-corrected chi connectivity index (χ2v) is 9.04. The van der Waals surface area contributed by atoms with Crippen LogP contribution >= 0.6 is 11.3 Å². The fourth-order valence-electron chi connectivity index (χ4n) is 4.36. The molecule has 0 bridgehead atoms. The van der Waals surface area contributed by atoms with Crippen LogP contribution < -0.4 is 15.0 Å². The molecular formula is C25H33N5O2S. The number of nitrogens with zero attached hydrogens (tertiary/aromatic N) is 4. The number of nitrogens with one attached hydrogen (secondary N) is 1. The highest BCUT2D eigenvalue weighted by atomic mass is 32.1. The van der Waals surface area contributed by atoms with Gasteiger partial charge in [-0.05, 0) is 50.5 Å². The van der Waals surface area contributed by atoms with Gasteiger partial charge in [-0.15, -0.1) is 11.3 Å². The molecule has 1 fully saturated rings. The molecule has 3 heterocycles. The summed E-state index contributed by atoms with van der Waals surface area (Å²) >= 11 is 1.66. The van der Waals surface area contributed by atoms with Gasteiger partial charge in [0.2, 0.25) is 0 Å². The van der Waals surface area contributed by atoms with Gasteiger partial charge in [-0.25, -0.2) is 15.0 Å². The zero-order valence-corrected chi connectivity index (χ0v) is 20.9. The molecule has 4 rings (SSSR count). The Kier molecular flexibility index (Phi) is 7.45. The molecular weight excluding hydrogens is 434 g/mol. The van der Waals surface area contributed by atoms with Crippen LogP contribution in [0.15, 0.2) is 29.8 Å². The fraction of sp³-hybridized carbons (Fsp3) is 0.480. The van der Waals surface area contributed by atoms with E-state index in [0.717, 1.165) is 70.8 Å². The smallest absolute Gasteiger partial charge is 0.185 e. The van der Waals surface area contributed by atoms with Crippen molar-refractivity contribution in [1.29, 1.82) is 0 Å². The van der Waals surface area contributed by atoms with Gasteiger partial charge in [0.1, 0.15) is 11.6 Å². The average molecular weight is 468 g/mol. The predicted molar refractivity (Wildman–Crippen MR) is 135 cm³/mol. The van der Waals surface area contributed by atoms with Crippen molar-refractivity contribution in [3.63, 3.8) is 0 Å². The maximum Gasteiger partial charge on any atom is 0.185 e. The number of anilines is 2. The number of aryl methyl sites for hydroxylation is 3. The van der Waals surface area contributed by atoms with Crippen LogP contribution in [0.3, 0.4) is 0 Å². The molecule has 0 radical (unpaired) electrons. The second-order valence-electron chi connectivity index (χ2n) is 8.17. The van der Waals surface area contributed by atoms with Crippen LogP contribution in [0.5, 0.6) is 5.75 Å². The minimum Gasteiger partial charge on any atom is -0.497 e. The van der Waals surface area contributed by atoms with Crippen molar-refractivity contribution in [2.24, 2.45) is 0 Å². The second kappa shape index (κ2) is 10.5. The van der Waals surface area contributed by atoms with Crippen LogP contribution in [0.1, 0.15) is 37.7 Å². The Balaban J connectivity index is 1.65. The molecule has 1 aliphatic rings. The summed E-state index contributed by atoms with van der Waals surface area (Å²) in [7, 11) is 1.69. The largest absolute Gasteiger partial charge is 0.497 e. The van der Waals surface area contributed by atoms with Crippen LogP contribution in [-0.4, -0.2) is 53.9 Å². The summed E-state index contributed by atoms with van der Waals surface area (Å²) in [6.07, 6.45) is 3.52. The van der Waals surface area contributed by atoms with Gasteiger partial charge in [0.25, 0.3) is 0 Å². The maximum absolute atomic E-state index is 6.09. The number of thiazole rings is 1. The molecule has 7 nitrogen and oxygen atoms in total. The normalized spacial score (nSPS) is 18.0. The zero-order valence-electron chi connectivity index (χ0n) is 20.1. The number of hydrogen-bond acceptors (Lipinski definition) is 8. The van der Waals surface area contributed by atoms with E-state index in [0.29, 0.717) is 6.61 Å². The summed E-state index contributed by atoms with van der Waals surface area (Å²) in [6.45, 7) is 10.7. The van der Waals surface area contributed by atoms with Crippen LogP contribution in [0.2, 0.25) is 0 Å². The van der Waals surface area contributed by atoms with E-state index in [9.17, 15) is 0 Å². The molecule has 0 saturated carbocycles. The van der Waals surface area contributed by atoms with E-state index in [-0.39, 0.29) is 12.1 Å². The molecule has 1 N–H and O–H groups in total. The average Bonchev–Trinajstić information content (AvgIpc) is 3.49. The van der Waals surface area contributed by atoms with Crippen molar-refractivity contribution in [3.05, 3.63) is 46.7 Å². The van der Waals surface area contributed by atoms with Crippen molar-refractivity contribution >= 4 is 22.3 Å². The number of methoxy groups -OCH3 is 1. The standard InChI is InChI=1S/C25H33N5O2S/c1-6-19-23(18-10-9-17(31-5)13-16(18)4)27-20(7-2)24(28-19)29-21-14-30(15-22(21)32-8-3)25-26-11-12-33-25/h9-13,21-22H,6-8,14-15H2,1-5H3,(H,28,29). The molecule has 2 unspecified atom stereocenters. The minimum atomic E-state index is 0.0685. The summed E-state index contributed by atoms with van der Waals surface area (Å²) in [6, 6.07) is 6.23. The number of rotatable bonds is 9. The van der Waals surface area contributed by atoms with Gasteiger partial charge in [-0.3, -0.25) is 0 Å². The molecule has 0 spiro atoms. The lowest BCUT2D eigenvalue weighted by atomic mass is 10.0. The third-order valence-electron chi connectivity index (χ3n) is 6.06. The van der Waals surface area contributed by atoms with E-state index >= 15 is 0 Å². The van der Waals surface area contributed by atoms with Gasteiger partial charge in [-0.1, -0.05) is 13.8 Å². The van der Waals surface area contributed by atoms with Gasteiger partial charge < -0.3 is 19.7 Å². The fourth-order valence-corrected chi connectivity index (χ4v) is 5.02. The molecule has 1 aliphatic heterocycles. The van der Waals surface area contributed by atoms with Crippen LogP contribution in [0.4, 0.5) is 10.9 Å². The van der Waals surface area contributed by atoms with Gasteiger partial charge in [-0.2, -0.15) is 0 Å². The molecule has 0 amide bonds. The summed E-state index contributed by atoms with van der Waals surface area (Å²) in [5, 5.41) is 6.74. The van der Waals surface area contributed by atoms with Gasteiger partial charge in [0.05, 0.1) is 36.3 Å². The highest BCUT2D eigenvalue weighted by Gasteiger charge is 2.35. The Labute approximate surface area is 200 Å². The Morgan fingerprint density at radius 3 is 2.58 bits per heavy atom. The lowest BCUT2D eigenvalue weighted by Crippen LogP contribution is -2.35. The zero-order chi connectivity index (χ0) is 23.4. The van der Waals surface area contributed by atoms with E-state index in [1.165, 1.54) is 0 Å². The molecule has 2 atom stereocenters. The third-order valence-corrected chi connectivity index (χ3v) is 6.89. The van der Waals surface area contributed by atoms with E-state index in [4.69, 9.17) is 19.4 Å². The van der Waals surface area contributed by atoms with Crippen molar-refractivity contribution in [2.75, 3.05) is 37.0 Å². The predicted octanol–water partition coefficient (Wildman–Crippen LogP) is 4.75. The Hall–Kier alpha value is -2.71. The number of hydrogen-bond donors (Lipinski definition) is 1. The first kappa shape index (κ1) is 23.4. The van der Waals surface area contributed by atoms with Crippen molar-refractivity contribution < 1.29 is 9.47 Å². The number of ether oxygens (including phenoxy) is 2. The first-order valence-electron chi connectivity index (χ1n) is 11.6. The Morgan fingerprint density at radius 1 is 1.12 bits per heavy atom. The molecule has 0 aliphatic carbocycles. The summed E-state index contributed by atoms with van der Waals surface area (Å²) in [5.74, 6) is 1.71. The molecule has 3 aromatic rings. The van der Waals surface area contributed by atoms with Crippen molar-refractivity contribution in [2.45, 2.75) is 52.7 Å². The first-order valence-corrected chi connectivity index (χ1v) is 12.5. The van der Waals surface area contributed by atoms with E-state index < -0.39 is 0 Å². The quantitative estimate of drug-likeness (QED) is 0.487. The molecule has 8 heteroatoms. The molecule has 33 heavy (non-hydrogen) atoms. The third kappa shape index (κ3) is 4.96. The van der Waals surface area contributed by atoms with Gasteiger partial charge >= 0.3 is 0 Å². The van der Waals surface area contributed by atoms with E-state index in [1.54, 1.807) is 18.4 Å².